The molecule has 152 valence electrons. The molecular formula is C18H19N5O3S3. The Morgan fingerprint density at radius 1 is 1.14 bits per heavy atom. The zero-order chi connectivity index (χ0) is 20.8. The molecule has 0 fully saturated rings. The summed E-state index contributed by atoms with van der Waals surface area (Å²) in [5.74, 6) is -0.0295. The van der Waals surface area contributed by atoms with Crippen LogP contribution in [0.1, 0.15) is 18.1 Å². The van der Waals surface area contributed by atoms with E-state index in [9.17, 15) is 9.59 Å². The highest BCUT2D eigenvalue weighted by molar-refractivity contribution is 8.01. The summed E-state index contributed by atoms with van der Waals surface area (Å²) in [5.41, 5.74) is 4.28. The van der Waals surface area contributed by atoms with Crippen molar-refractivity contribution in [3.05, 3.63) is 34.7 Å². The van der Waals surface area contributed by atoms with Crippen LogP contribution in [0.25, 0.3) is 11.3 Å². The van der Waals surface area contributed by atoms with Gasteiger partial charge < -0.3 is 10.1 Å². The summed E-state index contributed by atoms with van der Waals surface area (Å²) in [4.78, 5) is 28.1. The zero-order valence-corrected chi connectivity index (χ0v) is 18.5. The molecule has 29 heavy (non-hydrogen) atoms. The number of hydrogen-bond acceptors (Lipinski definition) is 9. The van der Waals surface area contributed by atoms with E-state index < -0.39 is 6.09 Å². The molecule has 0 bridgehead atoms. The van der Waals surface area contributed by atoms with Crippen molar-refractivity contribution < 1.29 is 14.3 Å². The van der Waals surface area contributed by atoms with Crippen molar-refractivity contribution >= 4 is 56.7 Å². The van der Waals surface area contributed by atoms with Crippen LogP contribution in [0, 0.1) is 13.8 Å². The zero-order valence-electron chi connectivity index (χ0n) is 16.0. The lowest BCUT2D eigenvalue weighted by Gasteiger charge is -2.02. The summed E-state index contributed by atoms with van der Waals surface area (Å²) in [7, 11) is 0. The maximum atomic E-state index is 12.2. The van der Waals surface area contributed by atoms with Gasteiger partial charge in [0, 0.05) is 10.9 Å². The van der Waals surface area contributed by atoms with Gasteiger partial charge in [-0.1, -0.05) is 35.2 Å². The maximum Gasteiger partial charge on any atom is 0.413 e. The number of hydrogen-bond donors (Lipinski definition) is 2. The average molecular weight is 450 g/mol. The van der Waals surface area contributed by atoms with Gasteiger partial charge in [0.05, 0.1) is 18.1 Å². The Morgan fingerprint density at radius 3 is 2.72 bits per heavy atom. The van der Waals surface area contributed by atoms with Crippen LogP contribution in [0.3, 0.4) is 0 Å². The number of rotatable bonds is 7. The summed E-state index contributed by atoms with van der Waals surface area (Å²) in [6, 6.07) is 6.17. The van der Waals surface area contributed by atoms with Crippen molar-refractivity contribution in [1.29, 1.82) is 0 Å². The van der Waals surface area contributed by atoms with Crippen molar-refractivity contribution in [2.45, 2.75) is 25.1 Å². The Bertz CT molecular complexity index is 1020. The molecular weight excluding hydrogens is 430 g/mol. The number of thiazole rings is 1. The lowest BCUT2D eigenvalue weighted by molar-refractivity contribution is -0.113. The van der Waals surface area contributed by atoms with E-state index >= 15 is 0 Å². The minimum atomic E-state index is -0.582. The molecule has 0 radical (unpaired) electrons. The standard InChI is InChI=1S/C18H19N5O3S3/c1-4-26-17(25)21-16-22-23-18(29-16)28-9-14(24)20-15-19-13(8-27-15)12-6-5-10(2)11(3)7-12/h5-8H,4,9H2,1-3H3,(H,19,20,24)(H,21,22,25). The van der Waals surface area contributed by atoms with E-state index in [1.165, 1.54) is 45.6 Å². The predicted octanol–water partition coefficient (Wildman–Crippen LogP) is 4.58. The number of nitrogens with one attached hydrogen (secondary N) is 2. The molecule has 0 aliphatic rings. The fourth-order valence-corrected chi connectivity index (χ4v) is 4.49. The highest BCUT2D eigenvalue weighted by atomic mass is 32.2. The van der Waals surface area contributed by atoms with Gasteiger partial charge in [-0.05, 0) is 38.0 Å². The normalized spacial score (nSPS) is 10.6. The maximum absolute atomic E-state index is 12.2. The Morgan fingerprint density at radius 2 is 1.97 bits per heavy atom. The van der Waals surface area contributed by atoms with Crippen LogP contribution < -0.4 is 10.6 Å². The summed E-state index contributed by atoms with van der Waals surface area (Å²) in [6.07, 6.45) is -0.582. The van der Waals surface area contributed by atoms with Gasteiger partial charge in [0.15, 0.2) is 9.47 Å². The minimum absolute atomic E-state index is 0.159. The molecule has 0 aliphatic carbocycles. The molecule has 2 heterocycles. The van der Waals surface area contributed by atoms with Gasteiger partial charge in [-0.2, -0.15) is 0 Å². The average Bonchev–Trinajstić information content (AvgIpc) is 3.32. The number of ether oxygens (including phenoxy) is 1. The highest BCUT2D eigenvalue weighted by Crippen LogP contribution is 2.28. The number of benzene rings is 1. The Labute approximate surface area is 180 Å². The van der Waals surface area contributed by atoms with E-state index in [0.29, 0.717) is 14.6 Å². The first kappa shape index (κ1) is 21.2. The van der Waals surface area contributed by atoms with E-state index in [-0.39, 0.29) is 18.3 Å². The number of anilines is 2. The van der Waals surface area contributed by atoms with Gasteiger partial charge in [0.25, 0.3) is 0 Å². The topological polar surface area (TPSA) is 106 Å². The van der Waals surface area contributed by atoms with Crippen LogP contribution in [0.2, 0.25) is 0 Å². The van der Waals surface area contributed by atoms with Gasteiger partial charge in [0.2, 0.25) is 11.0 Å². The van der Waals surface area contributed by atoms with Crippen LogP contribution in [0.5, 0.6) is 0 Å². The second-order valence-corrected chi connectivity index (χ2v) is 8.95. The number of nitrogens with zero attached hydrogens (tertiary/aromatic N) is 3. The molecule has 3 rings (SSSR count). The van der Waals surface area contributed by atoms with Crippen molar-refractivity contribution in [3.63, 3.8) is 0 Å². The third-order valence-electron chi connectivity index (χ3n) is 3.77. The molecule has 2 aromatic heterocycles. The van der Waals surface area contributed by atoms with E-state index in [1.54, 1.807) is 6.92 Å². The van der Waals surface area contributed by atoms with Gasteiger partial charge in [0.1, 0.15) is 0 Å². The first-order valence-corrected chi connectivity index (χ1v) is 11.4. The Hall–Kier alpha value is -2.50. The van der Waals surface area contributed by atoms with Gasteiger partial charge in [-0.15, -0.1) is 21.5 Å². The first-order valence-electron chi connectivity index (χ1n) is 8.67. The fraction of sp³-hybridized carbons (Fsp3) is 0.278. The summed E-state index contributed by atoms with van der Waals surface area (Å²) in [5, 5.41) is 15.8. The third-order valence-corrected chi connectivity index (χ3v) is 6.50. The quantitative estimate of drug-likeness (QED) is 0.402. The number of aryl methyl sites for hydroxylation is 2. The number of carbonyl (C=O) groups is 2. The molecule has 0 saturated carbocycles. The molecule has 0 aliphatic heterocycles. The Balaban J connectivity index is 1.51. The molecule has 0 spiro atoms. The van der Waals surface area contributed by atoms with Gasteiger partial charge >= 0.3 is 6.09 Å². The number of thioether (sulfide) groups is 1. The SMILES string of the molecule is CCOC(=O)Nc1nnc(SCC(=O)Nc2nc(-c3ccc(C)c(C)c3)cs2)s1. The van der Waals surface area contributed by atoms with E-state index in [1.807, 2.05) is 11.4 Å². The highest BCUT2D eigenvalue weighted by Gasteiger charge is 2.12. The van der Waals surface area contributed by atoms with Crippen LogP contribution in [0.15, 0.2) is 27.9 Å². The number of amides is 2. The van der Waals surface area contributed by atoms with Crippen LogP contribution in [-0.4, -0.2) is 39.5 Å². The first-order chi connectivity index (χ1) is 13.9. The number of aromatic nitrogens is 3. The lowest BCUT2D eigenvalue weighted by Crippen LogP contribution is -2.13. The monoisotopic (exact) mass is 449 g/mol. The van der Waals surface area contributed by atoms with Crippen LogP contribution >= 0.6 is 34.4 Å². The molecule has 11 heteroatoms. The molecule has 0 saturated heterocycles. The molecule has 2 N–H and O–H groups in total. The van der Waals surface area contributed by atoms with Crippen molar-refractivity contribution in [2.75, 3.05) is 23.0 Å². The van der Waals surface area contributed by atoms with Crippen molar-refractivity contribution in [2.24, 2.45) is 0 Å². The molecule has 2 amide bonds. The molecule has 1 aromatic carbocycles. The van der Waals surface area contributed by atoms with Crippen molar-refractivity contribution in [3.8, 4) is 11.3 Å². The summed E-state index contributed by atoms with van der Waals surface area (Å²) >= 11 is 3.79. The third kappa shape index (κ3) is 5.99. The van der Waals surface area contributed by atoms with Gasteiger partial charge in [-0.3, -0.25) is 10.1 Å². The lowest BCUT2D eigenvalue weighted by atomic mass is 10.1. The van der Waals surface area contributed by atoms with E-state index in [4.69, 9.17) is 4.74 Å². The predicted molar refractivity (Wildman–Crippen MR) is 117 cm³/mol. The minimum Gasteiger partial charge on any atom is -0.450 e. The van der Waals surface area contributed by atoms with E-state index in [0.717, 1.165) is 11.3 Å². The number of carbonyl (C=O) groups excluding carboxylic acids is 2. The van der Waals surface area contributed by atoms with Crippen LogP contribution in [0.4, 0.5) is 15.1 Å². The Kier molecular flexibility index (Phi) is 7.18. The van der Waals surface area contributed by atoms with Crippen molar-refractivity contribution in [1.82, 2.24) is 15.2 Å². The molecule has 3 aromatic rings. The fourth-order valence-electron chi connectivity index (χ4n) is 2.22. The molecule has 8 nitrogen and oxygen atoms in total. The molecule has 0 atom stereocenters. The molecule has 0 unspecified atom stereocenters. The summed E-state index contributed by atoms with van der Waals surface area (Å²) in [6.45, 7) is 6.12. The van der Waals surface area contributed by atoms with E-state index in [2.05, 4.69) is 51.8 Å². The smallest absolute Gasteiger partial charge is 0.413 e. The second-order valence-electron chi connectivity index (χ2n) is 5.89. The summed E-state index contributed by atoms with van der Waals surface area (Å²) < 4.78 is 5.35. The van der Waals surface area contributed by atoms with Crippen LogP contribution in [-0.2, 0) is 9.53 Å². The van der Waals surface area contributed by atoms with Gasteiger partial charge in [-0.25, -0.2) is 9.78 Å². The largest absolute Gasteiger partial charge is 0.450 e. The second kappa shape index (κ2) is 9.81.